The number of hydrogen-bond acceptors (Lipinski definition) is 4. The molecule has 0 aliphatic carbocycles. The van der Waals surface area contributed by atoms with E-state index in [1.54, 1.807) is 0 Å². The van der Waals surface area contributed by atoms with Gasteiger partial charge in [-0.05, 0) is 36.4 Å². The van der Waals surface area contributed by atoms with Crippen LogP contribution in [0.2, 0.25) is 5.02 Å². The van der Waals surface area contributed by atoms with E-state index in [1.807, 2.05) is 0 Å². The van der Waals surface area contributed by atoms with Gasteiger partial charge in [0.05, 0.1) is 11.3 Å². The number of rotatable bonds is 4. The van der Waals surface area contributed by atoms with Gasteiger partial charge in [-0.3, -0.25) is 0 Å². The molecule has 0 saturated carbocycles. The average Bonchev–Trinajstić information content (AvgIpc) is 2.49. The molecule has 0 heterocycles. The largest absolute Gasteiger partial charge is 0.505 e. The lowest BCUT2D eigenvalue weighted by molar-refractivity contribution is -0.132. The highest BCUT2D eigenvalue weighted by atomic mass is 35.5. The summed E-state index contributed by atoms with van der Waals surface area (Å²) in [5, 5.41) is 26.3. The molecule has 0 radical (unpaired) electrons. The fraction of sp³-hybridized carbons (Fsp3) is 0. The van der Waals surface area contributed by atoms with E-state index >= 15 is 0 Å². The van der Waals surface area contributed by atoms with Crippen molar-refractivity contribution in [3.05, 3.63) is 70.4 Å². The zero-order chi connectivity index (χ0) is 17.0. The summed E-state index contributed by atoms with van der Waals surface area (Å²) in [6.07, 6.45) is 0. The normalized spacial score (nSPS) is 12.3. The predicted octanol–water partition coefficient (Wildman–Crippen LogP) is 4.71. The summed E-state index contributed by atoms with van der Waals surface area (Å²) in [7, 11) is 0. The first-order chi connectivity index (χ1) is 10.9. The van der Waals surface area contributed by atoms with Crippen molar-refractivity contribution in [2.45, 2.75) is 0 Å². The Bertz CT molecular complexity index is 785. The highest BCUT2D eigenvalue weighted by Crippen LogP contribution is 2.25. The molecule has 0 spiro atoms. The van der Waals surface area contributed by atoms with Crippen LogP contribution in [0, 0.1) is 11.6 Å². The molecule has 0 amide bonds. The van der Waals surface area contributed by atoms with Crippen LogP contribution >= 0.6 is 11.6 Å². The van der Waals surface area contributed by atoms with Crippen LogP contribution in [0.5, 0.6) is 0 Å². The number of azo groups is 1. The van der Waals surface area contributed by atoms with Crippen molar-refractivity contribution < 1.29 is 23.8 Å². The SMILES string of the molecule is O=C(O)C(N=Nc1ccc(Cl)cc1)=C(O)c1c(F)cccc1F. The number of aliphatic hydroxyl groups excluding tert-OH is 1. The van der Waals surface area contributed by atoms with Gasteiger partial charge >= 0.3 is 5.97 Å². The summed E-state index contributed by atoms with van der Waals surface area (Å²) >= 11 is 5.69. The lowest BCUT2D eigenvalue weighted by Crippen LogP contribution is -2.04. The maximum absolute atomic E-state index is 13.6. The van der Waals surface area contributed by atoms with Gasteiger partial charge in [0.15, 0.2) is 5.76 Å². The molecular weight excluding hydrogens is 330 g/mol. The fourth-order valence-electron chi connectivity index (χ4n) is 1.65. The number of carbonyl (C=O) groups is 1. The number of hydrogen-bond donors (Lipinski definition) is 2. The standard InChI is InChI=1S/C15H9ClF2N2O3/c16-8-4-6-9(7-5-8)19-20-13(15(22)23)14(21)12-10(17)2-1-3-11(12)18/h1-7,21H,(H,22,23). The molecule has 2 aromatic rings. The van der Waals surface area contributed by atoms with E-state index in [0.29, 0.717) is 5.02 Å². The van der Waals surface area contributed by atoms with Crippen molar-refractivity contribution in [2.24, 2.45) is 10.2 Å². The molecule has 8 heteroatoms. The van der Waals surface area contributed by atoms with Gasteiger partial charge in [-0.25, -0.2) is 13.6 Å². The van der Waals surface area contributed by atoms with Crippen LogP contribution in [0.3, 0.4) is 0 Å². The number of halogens is 3. The van der Waals surface area contributed by atoms with Crippen molar-refractivity contribution in [3.8, 4) is 0 Å². The Kier molecular flexibility index (Phi) is 5.02. The van der Waals surface area contributed by atoms with Crippen molar-refractivity contribution in [1.29, 1.82) is 0 Å². The lowest BCUT2D eigenvalue weighted by atomic mass is 10.1. The van der Waals surface area contributed by atoms with E-state index < -0.39 is 34.6 Å². The molecule has 118 valence electrons. The minimum Gasteiger partial charge on any atom is -0.505 e. The first kappa shape index (κ1) is 16.6. The van der Waals surface area contributed by atoms with Crippen LogP contribution in [0.25, 0.3) is 5.76 Å². The minimum absolute atomic E-state index is 0.245. The minimum atomic E-state index is -1.69. The summed E-state index contributed by atoms with van der Waals surface area (Å²) in [4.78, 5) is 11.2. The first-order valence-electron chi connectivity index (χ1n) is 6.18. The molecule has 0 aliphatic rings. The Hall–Kier alpha value is -2.80. The van der Waals surface area contributed by atoms with Crippen LogP contribution < -0.4 is 0 Å². The zero-order valence-electron chi connectivity index (χ0n) is 11.4. The van der Waals surface area contributed by atoms with E-state index in [-0.39, 0.29) is 5.69 Å². The summed E-state index contributed by atoms with van der Waals surface area (Å²) < 4.78 is 27.2. The maximum Gasteiger partial charge on any atom is 0.360 e. The van der Waals surface area contributed by atoms with Gasteiger partial charge in [0.2, 0.25) is 5.70 Å². The molecular formula is C15H9ClF2N2O3. The van der Waals surface area contributed by atoms with Gasteiger partial charge in [0, 0.05) is 5.02 Å². The molecule has 0 saturated heterocycles. The molecule has 2 aromatic carbocycles. The third-order valence-electron chi connectivity index (χ3n) is 2.72. The van der Waals surface area contributed by atoms with Gasteiger partial charge in [-0.1, -0.05) is 17.7 Å². The number of carboxylic acids is 1. The Balaban J connectivity index is 2.48. The van der Waals surface area contributed by atoms with E-state index in [1.165, 1.54) is 24.3 Å². The van der Waals surface area contributed by atoms with Gasteiger partial charge in [-0.2, -0.15) is 5.11 Å². The van der Waals surface area contributed by atoms with E-state index in [0.717, 1.165) is 18.2 Å². The van der Waals surface area contributed by atoms with Crippen molar-refractivity contribution in [1.82, 2.24) is 0 Å². The van der Waals surface area contributed by atoms with Crippen LogP contribution in [0.4, 0.5) is 14.5 Å². The van der Waals surface area contributed by atoms with Crippen molar-refractivity contribution in [3.63, 3.8) is 0 Å². The molecule has 5 nitrogen and oxygen atoms in total. The fourth-order valence-corrected chi connectivity index (χ4v) is 1.78. The highest BCUT2D eigenvalue weighted by Gasteiger charge is 2.21. The molecule has 23 heavy (non-hydrogen) atoms. The van der Waals surface area contributed by atoms with Gasteiger partial charge in [0.25, 0.3) is 0 Å². The van der Waals surface area contributed by atoms with E-state index in [4.69, 9.17) is 16.7 Å². The molecule has 0 atom stereocenters. The van der Waals surface area contributed by atoms with Crippen LogP contribution in [-0.4, -0.2) is 16.2 Å². The maximum atomic E-state index is 13.6. The average molecular weight is 339 g/mol. The summed E-state index contributed by atoms with van der Waals surface area (Å²) in [5.74, 6) is -5.10. The number of nitrogens with zero attached hydrogens (tertiary/aromatic N) is 2. The number of benzene rings is 2. The van der Waals surface area contributed by atoms with Crippen LogP contribution in [0.15, 0.2) is 58.4 Å². The monoisotopic (exact) mass is 338 g/mol. The molecule has 0 bridgehead atoms. The smallest absolute Gasteiger partial charge is 0.360 e. The molecule has 0 aromatic heterocycles. The second-order valence-corrected chi connectivity index (χ2v) is 4.71. The van der Waals surface area contributed by atoms with E-state index in [9.17, 15) is 18.7 Å². The Morgan fingerprint density at radius 2 is 1.57 bits per heavy atom. The number of aliphatic hydroxyl groups is 1. The Morgan fingerprint density at radius 3 is 2.09 bits per heavy atom. The third kappa shape index (κ3) is 3.89. The Labute approximate surface area is 134 Å². The van der Waals surface area contributed by atoms with Crippen molar-refractivity contribution in [2.75, 3.05) is 0 Å². The zero-order valence-corrected chi connectivity index (χ0v) is 12.1. The molecule has 0 fully saturated rings. The second-order valence-electron chi connectivity index (χ2n) is 4.28. The molecule has 0 unspecified atom stereocenters. The summed E-state index contributed by atoms with van der Waals surface area (Å²) in [6.45, 7) is 0. The van der Waals surface area contributed by atoms with Gasteiger partial charge in [-0.15, -0.1) is 5.11 Å². The van der Waals surface area contributed by atoms with Gasteiger partial charge < -0.3 is 10.2 Å². The predicted molar refractivity (Wildman–Crippen MR) is 79.5 cm³/mol. The van der Waals surface area contributed by atoms with E-state index in [2.05, 4.69) is 10.2 Å². The van der Waals surface area contributed by atoms with Crippen LogP contribution in [-0.2, 0) is 4.79 Å². The molecule has 2 N–H and O–H groups in total. The number of aliphatic carboxylic acids is 1. The lowest BCUT2D eigenvalue weighted by Gasteiger charge is -2.05. The third-order valence-corrected chi connectivity index (χ3v) is 2.97. The van der Waals surface area contributed by atoms with Gasteiger partial charge in [0.1, 0.15) is 11.6 Å². The molecule has 2 rings (SSSR count). The highest BCUT2D eigenvalue weighted by molar-refractivity contribution is 6.30. The second kappa shape index (κ2) is 6.97. The van der Waals surface area contributed by atoms with Crippen molar-refractivity contribution >= 4 is 29.0 Å². The quantitative estimate of drug-likeness (QED) is 0.481. The number of carboxylic acid groups (broad SMARTS) is 1. The summed E-state index contributed by atoms with van der Waals surface area (Å²) in [5.41, 5.74) is -1.64. The van der Waals surface area contributed by atoms with Crippen LogP contribution in [0.1, 0.15) is 5.56 Å². The summed E-state index contributed by atoms with van der Waals surface area (Å²) in [6, 6.07) is 8.73. The topological polar surface area (TPSA) is 82.2 Å². The first-order valence-corrected chi connectivity index (χ1v) is 6.56. The molecule has 0 aliphatic heterocycles. The Morgan fingerprint density at radius 1 is 1.00 bits per heavy atom.